The van der Waals surface area contributed by atoms with E-state index in [0.29, 0.717) is 16.6 Å². The van der Waals surface area contributed by atoms with E-state index in [-0.39, 0.29) is 24.8 Å². The maximum atomic E-state index is 11.8. The Morgan fingerprint density at radius 3 is 2.95 bits per heavy atom. The van der Waals surface area contributed by atoms with Gasteiger partial charge in [0.1, 0.15) is 0 Å². The maximum absolute atomic E-state index is 11.8. The summed E-state index contributed by atoms with van der Waals surface area (Å²) in [5, 5.41) is 16.0. The molecule has 1 aromatic heterocycles. The quantitative estimate of drug-likeness (QED) is 0.870. The summed E-state index contributed by atoms with van der Waals surface area (Å²) in [5.74, 6) is 0.0412. The SMILES string of the molecule is COc1cc(C(=O)NCCO)nn1-c1cccc(Cl)c1. The first kappa shape index (κ1) is 14.4. The Morgan fingerprint density at radius 2 is 2.30 bits per heavy atom. The molecule has 20 heavy (non-hydrogen) atoms. The molecule has 1 amide bonds. The van der Waals surface area contributed by atoms with Gasteiger partial charge in [0, 0.05) is 17.6 Å². The molecule has 0 spiro atoms. The van der Waals surface area contributed by atoms with Crippen molar-refractivity contribution in [3.63, 3.8) is 0 Å². The van der Waals surface area contributed by atoms with Crippen LogP contribution in [0.15, 0.2) is 30.3 Å². The number of carbonyl (C=O) groups is 1. The average molecular weight is 296 g/mol. The first-order valence-corrected chi connectivity index (χ1v) is 6.32. The summed E-state index contributed by atoms with van der Waals surface area (Å²) < 4.78 is 6.69. The van der Waals surface area contributed by atoms with Crippen LogP contribution in [-0.4, -0.2) is 41.1 Å². The molecule has 0 saturated heterocycles. The van der Waals surface area contributed by atoms with Crippen LogP contribution < -0.4 is 10.1 Å². The van der Waals surface area contributed by atoms with E-state index in [1.165, 1.54) is 17.9 Å². The van der Waals surface area contributed by atoms with E-state index in [1.54, 1.807) is 24.3 Å². The van der Waals surface area contributed by atoms with Gasteiger partial charge in [-0.1, -0.05) is 17.7 Å². The van der Waals surface area contributed by atoms with Gasteiger partial charge in [-0.2, -0.15) is 5.10 Å². The normalized spacial score (nSPS) is 10.3. The molecule has 0 bridgehead atoms. The number of nitrogens with zero attached hydrogens (tertiary/aromatic N) is 2. The van der Waals surface area contributed by atoms with E-state index in [1.807, 2.05) is 0 Å². The number of hydrogen-bond donors (Lipinski definition) is 2. The zero-order valence-corrected chi connectivity index (χ0v) is 11.6. The minimum atomic E-state index is -0.377. The van der Waals surface area contributed by atoms with E-state index in [9.17, 15) is 4.79 Å². The minimum absolute atomic E-state index is 0.127. The second-order valence-corrected chi connectivity index (χ2v) is 4.38. The Morgan fingerprint density at radius 1 is 1.50 bits per heavy atom. The number of ether oxygens (including phenoxy) is 1. The third-order valence-corrected chi connectivity index (χ3v) is 2.80. The zero-order valence-electron chi connectivity index (χ0n) is 10.8. The van der Waals surface area contributed by atoms with Gasteiger partial charge in [0.05, 0.1) is 19.4 Å². The van der Waals surface area contributed by atoms with E-state index in [4.69, 9.17) is 21.4 Å². The number of amides is 1. The van der Waals surface area contributed by atoms with E-state index in [2.05, 4.69) is 10.4 Å². The Balaban J connectivity index is 2.34. The summed E-state index contributed by atoms with van der Waals surface area (Å²) in [6.07, 6.45) is 0. The number of carbonyl (C=O) groups excluding carboxylic acids is 1. The Labute approximate surface area is 120 Å². The zero-order chi connectivity index (χ0) is 14.5. The Kier molecular flexibility index (Phi) is 4.60. The summed E-state index contributed by atoms with van der Waals surface area (Å²) in [6.45, 7) is 0.0447. The van der Waals surface area contributed by atoms with Crippen LogP contribution in [0, 0.1) is 0 Å². The lowest BCUT2D eigenvalue weighted by atomic mass is 10.3. The molecule has 1 heterocycles. The summed E-state index contributed by atoms with van der Waals surface area (Å²) in [5.41, 5.74) is 0.894. The van der Waals surface area contributed by atoms with E-state index >= 15 is 0 Å². The van der Waals surface area contributed by atoms with Gasteiger partial charge in [-0.25, -0.2) is 4.68 Å². The van der Waals surface area contributed by atoms with Gasteiger partial charge < -0.3 is 15.2 Å². The largest absolute Gasteiger partial charge is 0.481 e. The molecular formula is C13H14ClN3O3. The molecule has 0 fully saturated rings. The molecule has 2 rings (SSSR count). The molecule has 0 aliphatic heterocycles. The highest BCUT2D eigenvalue weighted by atomic mass is 35.5. The predicted octanol–water partition coefficient (Wildman–Crippen LogP) is 1.26. The fourth-order valence-corrected chi connectivity index (χ4v) is 1.86. The minimum Gasteiger partial charge on any atom is -0.481 e. The molecule has 2 N–H and O–H groups in total. The molecule has 2 aromatic rings. The Hall–Kier alpha value is -2.05. The van der Waals surface area contributed by atoms with Crippen molar-refractivity contribution < 1.29 is 14.6 Å². The molecule has 7 heteroatoms. The van der Waals surface area contributed by atoms with E-state index < -0.39 is 0 Å². The first-order chi connectivity index (χ1) is 9.65. The van der Waals surface area contributed by atoms with Crippen molar-refractivity contribution >= 4 is 17.5 Å². The van der Waals surface area contributed by atoms with Crippen LogP contribution in [0.4, 0.5) is 0 Å². The van der Waals surface area contributed by atoms with Gasteiger partial charge in [0.25, 0.3) is 5.91 Å². The molecule has 1 aromatic carbocycles. The van der Waals surface area contributed by atoms with Gasteiger partial charge in [-0.05, 0) is 18.2 Å². The summed E-state index contributed by atoms with van der Waals surface area (Å²) in [6, 6.07) is 8.57. The van der Waals surface area contributed by atoms with Gasteiger partial charge in [-0.3, -0.25) is 4.79 Å². The highest BCUT2D eigenvalue weighted by Gasteiger charge is 2.15. The monoisotopic (exact) mass is 295 g/mol. The molecule has 0 aliphatic carbocycles. The van der Waals surface area contributed by atoms with Gasteiger partial charge in [0.15, 0.2) is 5.69 Å². The topological polar surface area (TPSA) is 76.4 Å². The van der Waals surface area contributed by atoms with Crippen molar-refractivity contribution in [1.29, 1.82) is 0 Å². The number of hydrogen-bond acceptors (Lipinski definition) is 4. The summed E-state index contributed by atoms with van der Waals surface area (Å²) in [4.78, 5) is 11.8. The van der Waals surface area contributed by atoms with Crippen LogP contribution in [0.3, 0.4) is 0 Å². The number of aliphatic hydroxyl groups excluding tert-OH is 1. The van der Waals surface area contributed by atoms with Crippen molar-refractivity contribution in [2.24, 2.45) is 0 Å². The van der Waals surface area contributed by atoms with Crippen molar-refractivity contribution in [2.45, 2.75) is 0 Å². The van der Waals surface area contributed by atoms with Gasteiger partial charge >= 0.3 is 0 Å². The number of aromatic nitrogens is 2. The Bertz CT molecular complexity index is 613. The van der Waals surface area contributed by atoms with Crippen LogP contribution in [0.25, 0.3) is 5.69 Å². The lowest BCUT2D eigenvalue weighted by molar-refractivity contribution is 0.0939. The molecule has 6 nitrogen and oxygen atoms in total. The predicted molar refractivity (Wildman–Crippen MR) is 74.5 cm³/mol. The second-order valence-electron chi connectivity index (χ2n) is 3.94. The van der Waals surface area contributed by atoms with Crippen molar-refractivity contribution in [3.8, 4) is 11.6 Å². The molecule has 0 atom stereocenters. The number of rotatable bonds is 5. The smallest absolute Gasteiger partial charge is 0.272 e. The number of methoxy groups -OCH3 is 1. The first-order valence-electron chi connectivity index (χ1n) is 5.94. The van der Waals surface area contributed by atoms with Crippen molar-refractivity contribution in [1.82, 2.24) is 15.1 Å². The summed E-state index contributed by atoms with van der Waals surface area (Å²) in [7, 11) is 1.49. The highest BCUT2D eigenvalue weighted by Crippen LogP contribution is 2.21. The summed E-state index contributed by atoms with van der Waals surface area (Å²) >= 11 is 5.94. The number of nitrogens with one attached hydrogen (secondary N) is 1. The molecule has 106 valence electrons. The molecule has 0 saturated carbocycles. The van der Waals surface area contributed by atoms with Crippen LogP contribution in [0.2, 0.25) is 5.02 Å². The van der Waals surface area contributed by atoms with Crippen LogP contribution in [0.5, 0.6) is 5.88 Å². The molecular weight excluding hydrogens is 282 g/mol. The third-order valence-electron chi connectivity index (χ3n) is 2.57. The van der Waals surface area contributed by atoms with Gasteiger partial charge in [0.2, 0.25) is 5.88 Å². The molecule has 0 radical (unpaired) electrons. The fraction of sp³-hybridized carbons (Fsp3) is 0.231. The van der Waals surface area contributed by atoms with E-state index in [0.717, 1.165) is 0 Å². The lowest BCUT2D eigenvalue weighted by Gasteiger charge is -2.05. The maximum Gasteiger partial charge on any atom is 0.272 e. The lowest BCUT2D eigenvalue weighted by Crippen LogP contribution is -2.26. The third kappa shape index (κ3) is 3.09. The number of aliphatic hydroxyl groups is 1. The van der Waals surface area contributed by atoms with Crippen LogP contribution in [-0.2, 0) is 0 Å². The number of halogens is 1. The molecule has 0 aliphatic rings. The standard InChI is InChI=1S/C13H14ClN3O3/c1-20-12-8-11(13(19)15-5-6-18)16-17(12)10-4-2-3-9(14)7-10/h2-4,7-8,18H,5-6H2,1H3,(H,15,19). The van der Waals surface area contributed by atoms with Crippen LogP contribution >= 0.6 is 11.6 Å². The van der Waals surface area contributed by atoms with Gasteiger partial charge in [-0.15, -0.1) is 0 Å². The molecule has 0 unspecified atom stereocenters. The fourth-order valence-electron chi connectivity index (χ4n) is 1.67. The second kappa shape index (κ2) is 6.40. The van der Waals surface area contributed by atoms with Crippen molar-refractivity contribution in [3.05, 3.63) is 41.0 Å². The average Bonchev–Trinajstić information content (AvgIpc) is 2.89. The van der Waals surface area contributed by atoms with Crippen LogP contribution in [0.1, 0.15) is 10.5 Å². The highest BCUT2D eigenvalue weighted by molar-refractivity contribution is 6.30. The number of benzene rings is 1. The van der Waals surface area contributed by atoms with Crippen molar-refractivity contribution in [2.75, 3.05) is 20.3 Å².